The van der Waals surface area contributed by atoms with Crippen LogP contribution < -0.4 is 0 Å². The molecule has 266 valence electrons. The quantitative estimate of drug-likeness (QED) is 0.174. The van der Waals surface area contributed by atoms with Crippen molar-refractivity contribution in [2.75, 3.05) is 0 Å². The molecule has 0 amide bonds. The van der Waals surface area contributed by atoms with E-state index in [1.807, 2.05) is 0 Å². The molecule has 5 heteroatoms. The minimum Gasteiger partial charge on any atom is -0.312 e. The van der Waals surface area contributed by atoms with E-state index in [-0.39, 0.29) is 6.17 Å². The molecule has 0 radical (unpaired) electrons. The highest BCUT2D eigenvalue weighted by Gasteiger charge is 2.27. The van der Waals surface area contributed by atoms with Crippen molar-refractivity contribution in [1.29, 1.82) is 0 Å². The summed E-state index contributed by atoms with van der Waals surface area (Å²) in [4.78, 5) is 5.71. The Morgan fingerprint density at radius 3 is 1.19 bits per heavy atom. The minimum atomic E-state index is -0.273. The van der Waals surface area contributed by atoms with Crippen LogP contribution in [0, 0.1) is 0 Å². The van der Waals surface area contributed by atoms with Crippen molar-refractivity contribution in [3.63, 3.8) is 0 Å². The van der Waals surface area contributed by atoms with Gasteiger partial charge in [-0.2, -0.15) is 0 Å². The largest absolute Gasteiger partial charge is 0.312 e. The lowest BCUT2D eigenvalue weighted by atomic mass is 10.1. The molecular weight excluding hydrogens is 695 g/mol. The Balaban J connectivity index is 1.14. The zero-order valence-electron chi connectivity index (χ0n) is 30.8. The summed E-state index contributed by atoms with van der Waals surface area (Å²) in [5.41, 5.74) is 11.7. The number of fused-ring (bicyclic) bond motifs is 14. The average molecular weight is 728 g/mol. The molecule has 8 aromatic carbocycles. The topological polar surface area (TPSA) is 32.1 Å². The summed E-state index contributed by atoms with van der Waals surface area (Å²) in [6, 6.07) is 65.9. The number of allylic oxidation sites excluding steroid dienone is 1. The van der Waals surface area contributed by atoms with E-state index in [0.717, 1.165) is 28.2 Å². The molecule has 12 aromatic rings. The standard InChI is InChI=1S/C52H33N5/c1-3-15-33(16-4-1)54-43-23-11-7-19-35(43)39-27-29-41-37-21-9-13-25-45(37)56(51(41)49(39)54)47-31-32-48(53-47)57-46-26-14-10-22-38(46)42-30-28-40-36-20-8-12-24-44(36)55(50(40)52(42)57)34-17-5-2-6-18-34/h1-32,47H. The number of aromatic nitrogens is 4. The molecule has 0 aliphatic carbocycles. The Bertz CT molecular complexity index is 3680. The van der Waals surface area contributed by atoms with Crippen LogP contribution in [0.25, 0.3) is 98.6 Å². The fourth-order valence-electron chi connectivity index (χ4n) is 9.91. The summed E-state index contributed by atoms with van der Waals surface area (Å²) in [5, 5.41) is 9.81. The van der Waals surface area contributed by atoms with Crippen molar-refractivity contribution in [3.8, 4) is 11.4 Å². The predicted molar refractivity (Wildman–Crippen MR) is 239 cm³/mol. The van der Waals surface area contributed by atoms with Crippen LogP contribution in [0.5, 0.6) is 0 Å². The van der Waals surface area contributed by atoms with Crippen LogP contribution in [0.3, 0.4) is 0 Å². The highest BCUT2D eigenvalue weighted by atomic mass is 15.2. The van der Waals surface area contributed by atoms with Crippen LogP contribution in [0.1, 0.15) is 6.17 Å². The molecule has 13 rings (SSSR count). The van der Waals surface area contributed by atoms with Crippen LogP contribution >= 0.6 is 0 Å². The number of para-hydroxylation sites is 6. The van der Waals surface area contributed by atoms with Gasteiger partial charge in [0.25, 0.3) is 0 Å². The maximum absolute atomic E-state index is 5.71. The van der Waals surface area contributed by atoms with Crippen molar-refractivity contribution >= 4 is 93.1 Å². The Hall–Kier alpha value is -7.63. The van der Waals surface area contributed by atoms with Gasteiger partial charge in [-0.3, -0.25) is 4.57 Å². The molecule has 1 aliphatic heterocycles. The van der Waals surface area contributed by atoms with Crippen LogP contribution in [0.2, 0.25) is 0 Å². The maximum atomic E-state index is 5.71. The molecule has 0 fully saturated rings. The van der Waals surface area contributed by atoms with Crippen LogP contribution in [-0.2, 0) is 0 Å². The highest BCUT2D eigenvalue weighted by Crippen LogP contribution is 2.44. The lowest BCUT2D eigenvalue weighted by Crippen LogP contribution is -2.09. The van der Waals surface area contributed by atoms with Crippen LogP contribution in [0.4, 0.5) is 0 Å². The van der Waals surface area contributed by atoms with E-state index in [0.29, 0.717) is 0 Å². The van der Waals surface area contributed by atoms with Gasteiger partial charge in [0.15, 0.2) is 0 Å². The Kier molecular flexibility index (Phi) is 6.16. The van der Waals surface area contributed by atoms with Gasteiger partial charge in [0.1, 0.15) is 12.0 Å². The summed E-state index contributed by atoms with van der Waals surface area (Å²) in [6.45, 7) is 0. The molecule has 0 saturated carbocycles. The molecule has 4 aromatic heterocycles. The fraction of sp³-hybridized carbons (Fsp3) is 0.0192. The number of benzene rings is 8. The van der Waals surface area contributed by atoms with E-state index in [9.17, 15) is 0 Å². The summed E-state index contributed by atoms with van der Waals surface area (Å²) in [5.74, 6) is 0.922. The first kappa shape index (κ1) is 30.7. The molecule has 57 heavy (non-hydrogen) atoms. The number of hydrogen-bond donors (Lipinski definition) is 0. The van der Waals surface area contributed by atoms with Crippen LogP contribution in [-0.4, -0.2) is 24.1 Å². The second-order valence-electron chi connectivity index (χ2n) is 15.1. The molecule has 1 unspecified atom stereocenters. The summed E-state index contributed by atoms with van der Waals surface area (Å²) >= 11 is 0. The Labute approximate surface area is 326 Å². The number of hydrogen-bond acceptors (Lipinski definition) is 1. The van der Waals surface area contributed by atoms with Gasteiger partial charge < -0.3 is 13.7 Å². The molecule has 0 saturated heterocycles. The summed E-state index contributed by atoms with van der Waals surface area (Å²) < 4.78 is 9.76. The van der Waals surface area contributed by atoms with E-state index in [1.54, 1.807) is 0 Å². The first-order valence-corrected chi connectivity index (χ1v) is 19.6. The van der Waals surface area contributed by atoms with Gasteiger partial charge in [-0.25, -0.2) is 4.99 Å². The van der Waals surface area contributed by atoms with Gasteiger partial charge in [0.05, 0.1) is 44.1 Å². The number of aliphatic imine (C=N–C) groups is 1. The average Bonchev–Trinajstić information content (AvgIpc) is 4.09. The van der Waals surface area contributed by atoms with Gasteiger partial charge >= 0.3 is 0 Å². The smallest absolute Gasteiger partial charge is 0.147 e. The van der Waals surface area contributed by atoms with Gasteiger partial charge in [0.2, 0.25) is 0 Å². The molecule has 0 N–H and O–H groups in total. The van der Waals surface area contributed by atoms with E-state index in [4.69, 9.17) is 4.99 Å². The van der Waals surface area contributed by atoms with E-state index >= 15 is 0 Å². The summed E-state index contributed by atoms with van der Waals surface area (Å²) in [6.07, 6.45) is 4.24. The second kappa shape index (κ2) is 11.4. The lowest BCUT2D eigenvalue weighted by Gasteiger charge is -2.15. The second-order valence-corrected chi connectivity index (χ2v) is 15.1. The van der Waals surface area contributed by atoms with Crippen LogP contribution in [0.15, 0.2) is 199 Å². The lowest BCUT2D eigenvalue weighted by molar-refractivity contribution is 0.689. The van der Waals surface area contributed by atoms with Crippen molar-refractivity contribution in [1.82, 2.24) is 18.3 Å². The third-order valence-corrected chi connectivity index (χ3v) is 12.2. The van der Waals surface area contributed by atoms with E-state index < -0.39 is 0 Å². The summed E-state index contributed by atoms with van der Waals surface area (Å²) in [7, 11) is 0. The van der Waals surface area contributed by atoms with Gasteiger partial charge in [-0.15, -0.1) is 0 Å². The highest BCUT2D eigenvalue weighted by molar-refractivity contribution is 6.27. The van der Waals surface area contributed by atoms with E-state index in [1.165, 1.54) is 76.2 Å². The molecule has 0 spiro atoms. The first-order chi connectivity index (χ1) is 28.3. The molecule has 1 aliphatic rings. The third kappa shape index (κ3) is 4.09. The van der Waals surface area contributed by atoms with Crippen molar-refractivity contribution < 1.29 is 0 Å². The normalized spacial score (nSPS) is 14.5. The third-order valence-electron chi connectivity index (χ3n) is 12.2. The Morgan fingerprint density at radius 1 is 0.316 bits per heavy atom. The maximum Gasteiger partial charge on any atom is 0.147 e. The zero-order chi connectivity index (χ0) is 37.2. The molecule has 5 heterocycles. The van der Waals surface area contributed by atoms with Crippen molar-refractivity contribution in [3.05, 3.63) is 194 Å². The number of rotatable bonds is 3. The van der Waals surface area contributed by atoms with Crippen molar-refractivity contribution in [2.24, 2.45) is 4.99 Å². The van der Waals surface area contributed by atoms with Gasteiger partial charge in [-0.1, -0.05) is 133 Å². The molecule has 5 nitrogen and oxygen atoms in total. The zero-order valence-corrected chi connectivity index (χ0v) is 30.8. The fourth-order valence-corrected chi connectivity index (χ4v) is 9.91. The number of nitrogens with zero attached hydrogens (tertiary/aromatic N) is 5. The first-order valence-electron chi connectivity index (χ1n) is 19.6. The van der Waals surface area contributed by atoms with E-state index in [2.05, 4.69) is 212 Å². The molecular formula is C52H33N5. The monoisotopic (exact) mass is 727 g/mol. The van der Waals surface area contributed by atoms with Gasteiger partial charge in [-0.05, 0) is 60.7 Å². The Morgan fingerprint density at radius 2 is 0.684 bits per heavy atom. The molecule has 0 bridgehead atoms. The van der Waals surface area contributed by atoms with Crippen molar-refractivity contribution in [2.45, 2.75) is 6.17 Å². The minimum absolute atomic E-state index is 0.273. The predicted octanol–water partition coefficient (Wildman–Crippen LogP) is 13.1. The SMILES string of the molecule is C1=CC(n2c3ccccc3c3ccc4c5ccccc5n(-c5ccccc5)c4c32)N=C1n1c2ccccc2c2ccc3c4ccccc4n(-c4ccccc4)c3c21. The molecule has 1 atom stereocenters. The van der Waals surface area contributed by atoms with Gasteiger partial charge in [0, 0.05) is 54.5 Å².